The summed E-state index contributed by atoms with van der Waals surface area (Å²) < 4.78 is 16.6. The number of carbonyl (C=O) groups is 2. The normalized spacial score (nSPS) is 10.6. The molecule has 1 heterocycles. The lowest BCUT2D eigenvalue weighted by Gasteiger charge is -2.09. The Morgan fingerprint density at radius 2 is 1.93 bits per heavy atom. The van der Waals surface area contributed by atoms with Crippen molar-refractivity contribution in [3.8, 4) is 11.5 Å². The van der Waals surface area contributed by atoms with E-state index in [0.717, 1.165) is 10.9 Å². The number of esters is 1. The number of amides is 1. The van der Waals surface area contributed by atoms with Gasteiger partial charge in [0.15, 0.2) is 6.61 Å². The first-order valence-electron chi connectivity index (χ1n) is 8.92. The van der Waals surface area contributed by atoms with Crippen molar-refractivity contribution in [1.29, 1.82) is 0 Å². The lowest BCUT2D eigenvalue weighted by molar-refractivity contribution is -0.136. The van der Waals surface area contributed by atoms with Crippen molar-refractivity contribution in [2.75, 3.05) is 13.2 Å². The molecule has 7 nitrogen and oxygen atoms in total. The maximum atomic E-state index is 12.1. The van der Waals surface area contributed by atoms with Gasteiger partial charge in [-0.25, -0.2) is 9.59 Å². The van der Waals surface area contributed by atoms with Crippen molar-refractivity contribution < 1.29 is 23.5 Å². The molecule has 2 aromatic carbocycles. The number of halogens is 1. The highest BCUT2D eigenvalue weighted by Crippen LogP contribution is 2.24. The standard InChI is InChI=1S/C21H18BrNO6/c1-2-9-23-20(25)15-10-13-7-8-14(11-18(13)29-21(15)26)28-19(24)12-27-17-6-4-3-5-16(17)22/h3-8,10-11H,2,9,12H2,1H3,(H,23,25). The summed E-state index contributed by atoms with van der Waals surface area (Å²) in [5.74, 6) is -0.382. The third-order valence-corrected chi connectivity index (χ3v) is 4.56. The number of para-hydroxylation sites is 1. The Labute approximate surface area is 174 Å². The first-order valence-corrected chi connectivity index (χ1v) is 9.71. The predicted octanol–water partition coefficient (Wildman–Crippen LogP) is 3.68. The number of fused-ring (bicyclic) bond motifs is 1. The highest BCUT2D eigenvalue weighted by Gasteiger charge is 2.14. The number of ether oxygens (including phenoxy) is 2. The second-order valence-electron chi connectivity index (χ2n) is 6.10. The van der Waals surface area contributed by atoms with Gasteiger partial charge in [-0.2, -0.15) is 0 Å². The number of nitrogens with one attached hydrogen (secondary N) is 1. The third kappa shape index (κ3) is 5.23. The number of benzene rings is 2. The van der Waals surface area contributed by atoms with E-state index in [9.17, 15) is 14.4 Å². The molecule has 3 rings (SSSR count). The van der Waals surface area contributed by atoms with Gasteiger partial charge in [-0.05, 0) is 52.7 Å². The molecule has 1 aromatic heterocycles. The summed E-state index contributed by atoms with van der Waals surface area (Å²) in [4.78, 5) is 36.2. The zero-order valence-electron chi connectivity index (χ0n) is 15.6. The van der Waals surface area contributed by atoms with Crippen LogP contribution in [0, 0.1) is 0 Å². The number of rotatable bonds is 7. The zero-order valence-corrected chi connectivity index (χ0v) is 17.2. The monoisotopic (exact) mass is 459 g/mol. The second-order valence-corrected chi connectivity index (χ2v) is 6.95. The van der Waals surface area contributed by atoms with Crippen LogP contribution in [0.5, 0.6) is 11.5 Å². The minimum absolute atomic E-state index is 0.0717. The van der Waals surface area contributed by atoms with Crippen molar-refractivity contribution in [3.63, 3.8) is 0 Å². The quantitative estimate of drug-likeness (QED) is 0.329. The molecule has 0 bridgehead atoms. The molecule has 0 aliphatic heterocycles. The van der Waals surface area contributed by atoms with Gasteiger partial charge in [0.25, 0.3) is 5.91 Å². The Bertz CT molecular complexity index is 1110. The molecular weight excluding hydrogens is 442 g/mol. The van der Waals surface area contributed by atoms with Crippen LogP contribution >= 0.6 is 15.9 Å². The topological polar surface area (TPSA) is 94.8 Å². The van der Waals surface area contributed by atoms with Gasteiger partial charge >= 0.3 is 11.6 Å². The fourth-order valence-electron chi connectivity index (χ4n) is 2.51. The van der Waals surface area contributed by atoms with Gasteiger partial charge in [-0.1, -0.05) is 19.1 Å². The molecule has 0 saturated heterocycles. The Morgan fingerprint density at radius 3 is 2.69 bits per heavy atom. The van der Waals surface area contributed by atoms with E-state index in [1.54, 1.807) is 30.3 Å². The Morgan fingerprint density at radius 1 is 1.14 bits per heavy atom. The lowest BCUT2D eigenvalue weighted by atomic mass is 10.1. The number of carbonyl (C=O) groups excluding carboxylic acids is 2. The molecule has 0 aliphatic rings. The van der Waals surface area contributed by atoms with Crippen molar-refractivity contribution in [2.45, 2.75) is 13.3 Å². The SMILES string of the molecule is CCCNC(=O)c1cc2ccc(OC(=O)COc3ccccc3Br)cc2oc1=O. The van der Waals surface area contributed by atoms with Crippen molar-refractivity contribution >= 4 is 38.8 Å². The summed E-state index contributed by atoms with van der Waals surface area (Å²) in [5.41, 5.74) is -0.622. The fourth-order valence-corrected chi connectivity index (χ4v) is 2.91. The largest absolute Gasteiger partial charge is 0.481 e. The molecule has 29 heavy (non-hydrogen) atoms. The summed E-state index contributed by atoms with van der Waals surface area (Å²) in [5, 5.41) is 3.18. The molecule has 3 aromatic rings. The molecule has 150 valence electrons. The Balaban J connectivity index is 1.71. The minimum atomic E-state index is -0.758. The van der Waals surface area contributed by atoms with Gasteiger partial charge in [0.05, 0.1) is 4.47 Å². The second kappa shape index (κ2) is 9.38. The average molecular weight is 460 g/mol. The molecule has 0 radical (unpaired) electrons. The molecule has 0 spiro atoms. The highest BCUT2D eigenvalue weighted by atomic mass is 79.9. The number of hydrogen-bond donors (Lipinski definition) is 1. The van der Waals surface area contributed by atoms with Crippen molar-refractivity contribution in [3.05, 3.63) is 69.0 Å². The Kier molecular flexibility index (Phi) is 6.66. The molecule has 1 N–H and O–H groups in total. The van der Waals surface area contributed by atoms with E-state index in [2.05, 4.69) is 21.2 Å². The Hall–Kier alpha value is -3.13. The smallest absolute Gasteiger partial charge is 0.349 e. The molecular formula is C21H18BrNO6. The maximum absolute atomic E-state index is 12.1. The molecule has 0 aliphatic carbocycles. The van der Waals surface area contributed by atoms with Gasteiger partial charge in [-0.15, -0.1) is 0 Å². The highest BCUT2D eigenvalue weighted by molar-refractivity contribution is 9.10. The van der Waals surface area contributed by atoms with E-state index in [1.807, 2.05) is 13.0 Å². The minimum Gasteiger partial charge on any atom is -0.481 e. The van der Waals surface area contributed by atoms with Crippen LogP contribution in [0.25, 0.3) is 11.0 Å². The van der Waals surface area contributed by atoms with Gasteiger partial charge < -0.3 is 19.2 Å². The predicted molar refractivity (Wildman–Crippen MR) is 110 cm³/mol. The third-order valence-electron chi connectivity index (χ3n) is 3.90. The van der Waals surface area contributed by atoms with Crippen LogP contribution in [0.3, 0.4) is 0 Å². The van der Waals surface area contributed by atoms with E-state index >= 15 is 0 Å². The first-order chi connectivity index (χ1) is 14.0. The van der Waals surface area contributed by atoms with Crippen LogP contribution in [-0.2, 0) is 4.79 Å². The zero-order chi connectivity index (χ0) is 20.8. The molecule has 0 unspecified atom stereocenters. The van der Waals surface area contributed by atoms with Crippen LogP contribution in [0.1, 0.15) is 23.7 Å². The van der Waals surface area contributed by atoms with Gasteiger partial charge in [-0.3, -0.25) is 4.79 Å². The molecule has 0 saturated carbocycles. The fraction of sp³-hybridized carbons (Fsp3) is 0.190. The molecule has 8 heteroatoms. The van der Waals surface area contributed by atoms with E-state index in [4.69, 9.17) is 13.9 Å². The van der Waals surface area contributed by atoms with Crippen LogP contribution < -0.4 is 20.4 Å². The van der Waals surface area contributed by atoms with E-state index in [-0.39, 0.29) is 23.5 Å². The molecule has 0 fully saturated rings. The van der Waals surface area contributed by atoms with Crippen LogP contribution in [0.4, 0.5) is 0 Å². The average Bonchev–Trinajstić information content (AvgIpc) is 2.71. The van der Waals surface area contributed by atoms with E-state index < -0.39 is 17.5 Å². The van der Waals surface area contributed by atoms with Crippen LogP contribution in [-0.4, -0.2) is 25.0 Å². The number of hydrogen-bond acceptors (Lipinski definition) is 6. The van der Waals surface area contributed by atoms with Gasteiger partial charge in [0.1, 0.15) is 22.6 Å². The van der Waals surface area contributed by atoms with Crippen molar-refractivity contribution in [2.24, 2.45) is 0 Å². The molecule has 1 amide bonds. The van der Waals surface area contributed by atoms with E-state index in [1.165, 1.54) is 12.1 Å². The van der Waals surface area contributed by atoms with Crippen LogP contribution in [0.15, 0.2) is 62.2 Å². The van der Waals surface area contributed by atoms with E-state index in [0.29, 0.717) is 17.7 Å². The summed E-state index contributed by atoms with van der Waals surface area (Å²) in [6, 6.07) is 13.1. The van der Waals surface area contributed by atoms with Crippen LogP contribution in [0.2, 0.25) is 0 Å². The lowest BCUT2D eigenvalue weighted by Crippen LogP contribution is -2.28. The summed E-state index contributed by atoms with van der Waals surface area (Å²) >= 11 is 3.33. The van der Waals surface area contributed by atoms with Crippen molar-refractivity contribution in [1.82, 2.24) is 5.32 Å². The summed E-state index contributed by atoms with van der Waals surface area (Å²) in [6.45, 7) is 2.09. The summed E-state index contributed by atoms with van der Waals surface area (Å²) in [6.07, 6.45) is 0.754. The summed E-state index contributed by atoms with van der Waals surface area (Å²) in [7, 11) is 0. The van der Waals surface area contributed by atoms with Gasteiger partial charge in [0.2, 0.25) is 0 Å². The van der Waals surface area contributed by atoms with Gasteiger partial charge in [0, 0.05) is 18.0 Å². The molecule has 0 atom stereocenters. The first kappa shape index (κ1) is 20.6. The maximum Gasteiger partial charge on any atom is 0.349 e.